The van der Waals surface area contributed by atoms with E-state index < -0.39 is 0 Å². The van der Waals surface area contributed by atoms with E-state index in [0.717, 1.165) is 17.0 Å². The van der Waals surface area contributed by atoms with Gasteiger partial charge in [0, 0.05) is 5.56 Å². The largest absolute Gasteiger partial charge is 0.330 e. The van der Waals surface area contributed by atoms with Crippen molar-refractivity contribution in [3.63, 3.8) is 0 Å². The molecule has 18 heavy (non-hydrogen) atoms. The molecule has 0 bridgehead atoms. The van der Waals surface area contributed by atoms with Crippen molar-refractivity contribution < 1.29 is 4.79 Å². The van der Waals surface area contributed by atoms with Gasteiger partial charge in [0.15, 0.2) is 0 Å². The average molecular weight is 262 g/mol. The van der Waals surface area contributed by atoms with Gasteiger partial charge in [-0.15, -0.1) is 10.2 Å². The highest BCUT2D eigenvalue weighted by atomic mass is 32.1. The van der Waals surface area contributed by atoms with Crippen LogP contribution >= 0.6 is 11.3 Å². The molecule has 2 aromatic rings. The number of aryl methyl sites for hydroxylation is 1. The molecule has 0 aliphatic carbocycles. The summed E-state index contributed by atoms with van der Waals surface area (Å²) in [5, 5.41) is 11.7. The Balaban J connectivity index is 2.04. The second-order valence-electron chi connectivity index (χ2n) is 3.82. The predicted molar refractivity (Wildman–Crippen MR) is 71.8 cm³/mol. The number of aromatic nitrogens is 2. The highest BCUT2D eigenvalue weighted by molar-refractivity contribution is 7.15. The van der Waals surface area contributed by atoms with Gasteiger partial charge in [0.2, 0.25) is 5.13 Å². The van der Waals surface area contributed by atoms with E-state index in [1.807, 2.05) is 19.1 Å². The summed E-state index contributed by atoms with van der Waals surface area (Å²) in [4.78, 5) is 11.9. The number of carbonyl (C=O) groups excluding carboxylic acids is 1. The Morgan fingerprint density at radius 2 is 2.06 bits per heavy atom. The molecule has 0 aliphatic rings. The van der Waals surface area contributed by atoms with E-state index in [1.54, 1.807) is 12.1 Å². The van der Waals surface area contributed by atoms with Crippen molar-refractivity contribution in [2.24, 2.45) is 5.73 Å². The molecule has 3 N–H and O–H groups in total. The molecule has 6 heteroatoms. The maximum absolute atomic E-state index is 11.9. The Hall–Kier alpha value is -1.79. The van der Waals surface area contributed by atoms with Gasteiger partial charge in [0.25, 0.3) is 5.91 Å². The lowest BCUT2D eigenvalue weighted by molar-refractivity contribution is 0.102. The molecule has 0 radical (unpaired) electrons. The molecule has 0 unspecified atom stereocenters. The molecule has 1 heterocycles. The number of benzene rings is 1. The minimum atomic E-state index is -0.176. The molecule has 1 amide bonds. The smallest absolute Gasteiger partial charge is 0.257 e. The summed E-state index contributed by atoms with van der Waals surface area (Å²) < 4.78 is 0. The molecular formula is C12H14N4OS. The van der Waals surface area contributed by atoms with Gasteiger partial charge in [-0.05, 0) is 37.6 Å². The van der Waals surface area contributed by atoms with Gasteiger partial charge in [-0.25, -0.2) is 0 Å². The summed E-state index contributed by atoms with van der Waals surface area (Å²) in [6.07, 6.45) is 0.817. The number of nitrogens with zero attached hydrogens (tertiary/aromatic N) is 2. The highest BCUT2D eigenvalue weighted by Crippen LogP contribution is 2.15. The minimum absolute atomic E-state index is 0.176. The van der Waals surface area contributed by atoms with Crippen LogP contribution in [0.5, 0.6) is 0 Å². The topological polar surface area (TPSA) is 80.9 Å². The van der Waals surface area contributed by atoms with Crippen LogP contribution in [-0.2, 0) is 6.42 Å². The summed E-state index contributed by atoms with van der Waals surface area (Å²) in [6, 6.07) is 7.39. The Labute approximate surface area is 109 Å². The first-order valence-electron chi connectivity index (χ1n) is 5.59. The van der Waals surface area contributed by atoms with Crippen molar-refractivity contribution in [1.29, 1.82) is 0 Å². The quantitative estimate of drug-likeness (QED) is 0.877. The van der Waals surface area contributed by atoms with Gasteiger partial charge in [-0.1, -0.05) is 23.5 Å². The van der Waals surface area contributed by atoms with E-state index in [9.17, 15) is 4.79 Å². The van der Waals surface area contributed by atoms with E-state index in [2.05, 4.69) is 15.5 Å². The molecule has 2 rings (SSSR count). The maximum Gasteiger partial charge on any atom is 0.257 e. The van der Waals surface area contributed by atoms with Crippen LogP contribution in [-0.4, -0.2) is 22.6 Å². The fraction of sp³-hybridized carbons (Fsp3) is 0.250. The molecule has 1 aromatic carbocycles. The number of nitrogens with two attached hydrogens (primary N) is 1. The van der Waals surface area contributed by atoms with Crippen LogP contribution in [0, 0.1) is 6.92 Å². The molecule has 0 saturated carbocycles. The number of nitrogens with one attached hydrogen (secondary N) is 1. The zero-order valence-corrected chi connectivity index (χ0v) is 10.8. The fourth-order valence-electron chi connectivity index (χ4n) is 1.51. The Morgan fingerprint density at radius 3 is 2.61 bits per heavy atom. The standard InChI is InChI=1S/C12H14N4OS/c1-8-15-16-12(18-8)14-11(17)10-4-2-9(3-5-10)6-7-13/h2-5H,6-7,13H2,1H3,(H,14,16,17). The van der Waals surface area contributed by atoms with Crippen molar-refractivity contribution in [1.82, 2.24) is 10.2 Å². The first-order chi connectivity index (χ1) is 8.69. The third kappa shape index (κ3) is 3.12. The number of hydrogen-bond donors (Lipinski definition) is 2. The second kappa shape index (κ2) is 5.70. The number of amides is 1. The van der Waals surface area contributed by atoms with E-state index in [-0.39, 0.29) is 5.91 Å². The number of anilines is 1. The summed E-state index contributed by atoms with van der Waals surface area (Å²) in [7, 11) is 0. The van der Waals surface area contributed by atoms with Crippen molar-refractivity contribution in [3.05, 3.63) is 40.4 Å². The molecule has 0 saturated heterocycles. The first kappa shape index (κ1) is 12.7. The number of carbonyl (C=O) groups is 1. The van der Waals surface area contributed by atoms with Crippen molar-refractivity contribution in [2.45, 2.75) is 13.3 Å². The lowest BCUT2D eigenvalue weighted by Crippen LogP contribution is -2.12. The SMILES string of the molecule is Cc1nnc(NC(=O)c2ccc(CCN)cc2)s1. The molecule has 0 fully saturated rings. The molecule has 0 atom stereocenters. The van der Waals surface area contributed by atoms with Gasteiger partial charge in [-0.3, -0.25) is 10.1 Å². The van der Waals surface area contributed by atoms with E-state index in [0.29, 0.717) is 17.2 Å². The Bertz CT molecular complexity index is 535. The average Bonchev–Trinajstić information content (AvgIpc) is 2.76. The lowest BCUT2D eigenvalue weighted by Gasteiger charge is -2.03. The van der Waals surface area contributed by atoms with Crippen LogP contribution in [0.4, 0.5) is 5.13 Å². The summed E-state index contributed by atoms with van der Waals surface area (Å²) >= 11 is 1.35. The second-order valence-corrected chi connectivity index (χ2v) is 5.00. The van der Waals surface area contributed by atoms with Crippen molar-refractivity contribution >= 4 is 22.4 Å². The Kier molecular flexibility index (Phi) is 4.01. The molecule has 0 aliphatic heterocycles. The summed E-state index contributed by atoms with van der Waals surface area (Å²) in [5.41, 5.74) is 7.20. The third-order valence-electron chi connectivity index (χ3n) is 2.40. The van der Waals surface area contributed by atoms with Gasteiger partial charge in [-0.2, -0.15) is 0 Å². The summed E-state index contributed by atoms with van der Waals surface area (Å²) in [6.45, 7) is 2.45. The van der Waals surface area contributed by atoms with Crippen LogP contribution in [0.1, 0.15) is 20.9 Å². The predicted octanol–water partition coefficient (Wildman–Crippen LogP) is 1.60. The first-order valence-corrected chi connectivity index (χ1v) is 6.41. The van der Waals surface area contributed by atoms with Gasteiger partial charge in [0.1, 0.15) is 5.01 Å². The maximum atomic E-state index is 11.9. The molecule has 94 valence electrons. The van der Waals surface area contributed by atoms with Gasteiger partial charge >= 0.3 is 0 Å². The van der Waals surface area contributed by atoms with E-state index in [4.69, 9.17) is 5.73 Å². The van der Waals surface area contributed by atoms with Crippen molar-refractivity contribution in [3.8, 4) is 0 Å². The van der Waals surface area contributed by atoms with E-state index >= 15 is 0 Å². The number of rotatable bonds is 4. The minimum Gasteiger partial charge on any atom is -0.330 e. The van der Waals surface area contributed by atoms with Crippen LogP contribution < -0.4 is 11.1 Å². The monoisotopic (exact) mass is 262 g/mol. The van der Waals surface area contributed by atoms with Crippen LogP contribution in [0.25, 0.3) is 0 Å². The van der Waals surface area contributed by atoms with Gasteiger partial charge < -0.3 is 5.73 Å². The normalized spacial score (nSPS) is 10.3. The van der Waals surface area contributed by atoms with Crippen LogP contribution in [0.15, 0.2) is 24.3 Å². The molecule has 0 spiro atoms. The van der Waals surface area contributed by atoms with Gasteiger partial charge in [0.05, 0.1) is 0 Å². The number of hydrogen-bond acceptors (Lipinski definition) is 5. The van der Waals surface area contributed by atoms with Crippen LogP contribution in [0.3, 0.4) is 0 Å². The highest BCUT2D eigenvalue weighted by Gasteiger charge is 2.08. The van der Waals surface area contributed by atoms with Crippen molar-refractivity contribution in [2.75, 3.05) is 11.9 Å². The molecule has 5 nitrogen and oxygen atoms in total. The fourth-order valence-corrected chi connectivity index (χ4v) is 2.09. The lowest BCUT2D eigenvalue weighted by atomic mass is 10.1. The molecular weight excluding hydrogens is 248 g/mol. The zero-order chi connectivity index (χ0) is 13.0. The van der Waals surface area contributed by atoms with Crippen LogP contribution in [0.2, 0.25) is 0 Å². The zero-order valence-electron chi connectivity index (χ0n) is 10.0. The Morgan fingerprint density at radius 1 is 1.33 bits per heavy atom. The van der Waals surface area contributed by atoms with E-state index in [1.165, 1.54) is 11.3 Å². The third-order valence-corrected chi connectivity index (χ3v) is 3.15. The summed E-state index contributed by atoms with van der Waals surface area (Å²) in [5.74, 6) is -0.176. The molecule has 1 aromatic heterocycles.